The van der Waals surface area contributed by atoms with Crippen LogP contribution in [0.2, 0.25) is 0 Å². The Bertz CT molecular complexity index is 2710. The molecule has 0 unspecified atom stereocenters. The van der Waals surface area contributed by atoms with Gasteiger partial charge in [0, 0.05) is 37.9 Å². The van der Waals surface area contributed by atoms with Crippen molar-refractivity contribution in [3.8, 4) is 28.3 Å². The smallest absolute Gasteiger partial charge is 0.188 e. The molecule has 0 aliphatic heterocycles. The summed E-state index contributed by atoms with van der Waals surface area (Å²) in [7, 11) is 0. The Hall–Kier alpha value is -6.30. The van der Waals surface area contributed by atoms with Gasteiger partial charge in [-0.3, -0.25) is 0 Å². The minimum Gasteiger partial charge on any atom is -0.456 e. The molecule has 43 heavy (non-hydrogen) atoms. The predicted molar refractivity (Wildman–Crippen MR) is 170 cm³/mol. The zero-order chi connectivity index (χ0) is 28.7. The van der Waals surface area contributed by atoms with Gasteiger partial charge in [-0.05, 0) is 83.4 Å². The van der Waals surface area contributed by atoms with Crippen molar-refractivity contribution < 1.29 is 13.3 Å². The van der Waals surface area contributed by atoms with Crippen LogP contribution in [0, 0.1) is 17.9 Å². The van der Waals surface area contributed by atoms with Crippen LogP contribution in [0.1, 0.15) is 5.56 Å². The summed E-state index contributed by atoms with van der Waals surface area (Å²) < 4.78 is 18.5. The number of nitrogens with zero attached hydrogens (tertiary/aromatic N) is 2. The molecule has 5 heteroatoms. The van der Waals surface area contributed by atoms with Crippen molar-refractivity contribution in [2.75, 3.05) is 0 Å². The van der Waals surface area contributed by atoms with Crippen molar-refractivity contribution in [2.45, 2.75) is 0 Å². The minimum atomic E-state index is 0.592. The van der Waals surface area contributed by atoms with Gasteiger partial charge in [0.15, 0.2) is 5.69 Å². The molecule has 0 amide bonds. The molecule has 0 aliphatic carbocycles. The van der Waals surface area contributed by atoms with Crippen LogP contribution in [0.5, 0.6) is 0 Å². The van der Waals surface area contributed by atoms with E-state index in [0.717, 1.165) is 88.1 Å². The van der Waals surface area contributed by atoms with Crippen LogP contribution in [0.3, 0.4) is 0 Å². The van der Waals surface area contributed by atoms with Gasteiger partial charge in [-0.15, -0.1) is 0 Å². The first kappa shape index (κ1) is 23.4. The zero-order valence-electron chi connectivity index (χ0n) is 22.5. The monoisotopic (exact) mass is 550 g/mol. The molecule has 5 nitrogen and oxygen atoms in total. The van der Waals surface area contributed by atoms with Crippen LogP contribution in [0.15, 0.2) is 122 Å². The van der Waals surface area contributed by atoms with Crippen molar-refractivity contribution in [2.24, 2.45) is 0 Å². The van der Waals surface area contributed by atoms with E-state index in [1.807, 2.05) is 48.5 Å². The Morgan fingerprint density at radius 1 is 0.512 bits per heavy atom. The van der Waals surface area contributed by atoms with Crippen LogP contribution in [0.4, 0.5) is 5.69 Å². The maximum Gasteiger partial charge on any atom is 0.188 e. The molecule has 3 aromatic heterocycles. The normalized spacial score (nSPS) is 11.7. The van der Waals surface area contributed by atoms with Gasteiger partial charge in [0.2, 0.25) is 0 Å². The second kappa shape index (κ2) is 8.60. The molecule has 0 atom stereocenters. The summed E-state index contributed by atoms with van der Waals surface area (Å²) in [4.78, 5) is 3.59. The molecule has 0 aliphatic rings. The van der Waals surface area contributed by atoms with E-state index in [4.69, 9.17) is 19.8 Å². The van der Waals surface area contributed by atoms with Crippen LogP contribution >= 0.6 is 0 Å². The second-order valence-corrected chi connectivity index (χ2v) is 10.7. The summed E-state index contributed by atoms with van der Waals surface area (Å²) >= 11 is 0. The molecule has 0 saturated heterocycles. The number of fused-ring (bicyclic) bond motifs is 9. The van der Waals surface area contributed by atoms with Gasteiger partial charge >= 0.3 is 0 Å². The van der Waals surface area contributed by atoms with Gasteiger partial charge in [0.05, 0.1) is 18.2 Å². The van der Waals surface area contributed by atoms with Crippen LogP contribution < -0.4 is 0 Å². The maximum atomic E-state index is 9.41. The highest BCUT2D eigenvalue weighted by molar-refractivity contribution is 6.13. The molecule has 0 saturated carbocycles. The van der Waals surface area contributed by atoms with E-state index in [2.05, 4.69) is 59.4 Å². The summed E-state index contributed by atoms with van der Waals surface area (Å²) in [5.41, 5.74) is 10.1. The lowest BCUT2D eigenvalue weighted by Crippen LogP contribution is -1.80. The largest absolute Gasteiger partial charge is 0.456 e. The summed E-state index contributed by atoms with van der Waals surface area (Å²) in [6.45, 7) is 7.40. The molecule has 0 bridgehead atoms. The highest BCUT2D eigenvalue weighted by Crippen LogP contribution is 2.40. The fourth-order valence-corrected chi connectivity index (χ4v) is 6.23. The Labute approximate surface area is 244 Å². The van der Waals surface area contributed by atoms with Gasteiger partial charge in [-0.2, -0.15) is 5.26 Å². The zero-order valence-corrected chi connectivity index (χ0v) is 22.5. The molecule has 0 N–H and O–H groups in total. The first-order valence-corrected chi connectivity index (χ1v) is 13.8. The molecule has 3 heterocycles. The summed E-state index contributed by atoms with van der Waals surface area (Å²) in [6.07, 6.45) is 0. The van der Waals surface area contributed by atoms with Gasteiger partial charge in [0.1, 0.15) is 33.5 Å². The van der Waals surface area contributed by atoms with Crippen LogP contribution in [-0.4, -0.2) is 0 Å². The van der Waals surface area contributed by atoms with Crippen LogP contribution in [-0.2, 0) is 0 Å². The average molecular weight is 551 g/mol. The van der Waals surface area contributed by atoms with Gasteiger partial charge in [-0.1, -0.05) is 42.5 Å². The van der Waals surface area contributed by atoms with Crippen LogP contribution in [0.25, 0.3) is 92.9 Å². The molecule has 0 fully saturated rings. The number of hydrogen-bond donors (Lipinski definition) is 0. The lowest BCUT2D eigenvalue weighted by molar-refractivity contribution is 0.668. The highest BCUT2D eigenvalue weighted by atomic mass is 16.3. The van der Waals surface area contributed by atoms with E-state index in [9.17, 15) is 5.26 Å². The lowest BCUT2D eigenvalue weighted by Gasteiger charge is -2.03. The number of para-hydroxylation sites is 1. The molecule has 0 spiro atoms. The molecule has 0 radical (unpaired) electrons. The lowest BCUT2D eigenvalue weighted by atomic mass is 9.98. The summed E-state index contributed by atoms with van der Waals surface area (Å²) in [6, 6.07) is 38.1. The Morgan fingerprint density at radius 2 is 1.05 bits per heavy atom. The molecule has 6 aromatic carbocycles. The third-order valence-corrected chi connectivity index (χ3v) is 8.32. The first-order chi connectivity index (χ1) is 21.2. The quantitative estimate of drug-likeness (QED) is 0.201. The van der Waals surface area contributed by atoms with E-state index in [1.54, 1.807) is 12.1 Å². The predicted octanol–water partition coefficient (Wildman–Crippen LogP) is 11.1. The SMILES string of the molecule is [C-]#[N+]c1ccc2oc3ccc(-c4ccc5oc6c(-c7ccc8oc9ccc(C#N)cc9c8c7)cccc6c5c4)cc3c2c1. The van der Waals surface area contributed by atoms with E-state index in [1.165, 1.54) is 0 Å². The first-order valence-electron chi connectivity index (χ1n) is 13.8. The van der Waals surface area contributed by atoms with Crippen molar-refractivity contribution in [3.05, 3.63) is 126 Å². The number of rotatable bonds is 2. The van der Waals surface area contributed by atoms with Gasteiger partial charge < -0.3 is 13.3 Å². The van der Waals surface area contributed by atoms with E-state index in [0.29, 0.717) is 11.3 Å². The molecular weight excluding hydrogens is 532 g/mol. The molecular formula is C38H18N2O3. The standard InChI is InChI=1S/C38H18N2O3/c1-40-25-9-14-36-32(19-25)30-17-23(6-11-34(30)42-36)22-7-12-37-29(16-22)27-4-2-3-26(38(27)43-37)24-8-13-35-31(18-24)28-15-21(20-39)5-10-33(28)41-35/h2-19H. The summed E-state index contributed by atoms with van der Waals surface area (Å²) in [5.74, 6) is 0. The second-order valence-electron chi connectivity index (χ2n) is 10.7. The number of nitriles is 1. The highest BCUT2D eigenvalue weighted by Gasteiger charge is 2.16. The number of furan rings is 3. The fraction of sp³-hybridized carbons (Fsp3) is 0. The van der Waals surface area contributed by atoms with Crippen molar-refractivity contribution in [1.82, 2.24) is 0 Å². The maximum absolute atomic E-state index is 9.41. The Morgan fingerprint density at radius 3 is 1.72 bits per heavy atom. The third-order valence-electron chi connectivity index (χ3n) is 8.32. The average Bonchev–Trinajstić information content (AvgIpc) is 3.74. The van der Waals surface area contributed by atoms with Gasteiger partial charge in [0.25, 0.3) is 0 Å². The van der Waals surface area contributed by atoms with Crippen molar-refractivity contribution in [3.63, 3.8) is 0 Å². The third kappa shape index (κ3) is 3.43. The Kier molecular flexibility index (Phi) is 4.68. The van der Waals surface area contributed by atoms with E-state index in [-0.39, 0.29) is 0 Å². The molecule has 198 valence electrons. The van der Waals surface area contributed by atoms with E-state index >= 15 is 0 Å². The summed E-state index contributed by atoms with van der Waals surface area (Å²) in [5, 5.41) is 15.3. The van der Waals surface area contributed by atoms with Crippen molar-refractivity contribution >= 4 is 71.5 Å². The molecule has 9 rings (SSSR count). The number of benzene rings is 6. The minimum absolute atomic E-state index is 0.592. The van der Waals surface area contributed by atoms with E-state index < -0.39 is 0 Å². The Balaban J connectivity index is 1.20. The van der Waals surface area contributed by atoms with Crippen molar-refractivity contribution in [1.29, 1.82) is 5.26 Å². The van der Waals surface area contributed by atoms with Gasteiger partial charge in [-0.25, -0.2) is 4.85 Å². The molecule has 9 aromatic rings. The topological polar surface area (TPSA) is 67.6 Å². The number of hydrogen-bond acceptors (Lipinski definition) is 4. The fourth-order valence-electron chi connectivity index (χ4n) is 6.23.